The van der Waals surface area contributed by atoms with Gasteiger partial charge in [-0.25, -0.2) is 17.6 Å². The minimum Gasteiger partial charge on any atom is -0.549 e. The van der Waals surface area contributed by atoms with Crippen molar-refractivity contribution < 1.29 is 27.5 Å². The fourth-order valence-electron chi connectivity index (χ4n) is 3.23. The number of carboxylic acids is 1. The van der Waals surface area contributed by atoms with Crippen LogP contribution in [0.15, 0.2) is 16.6 Å². The standard InChI is InChI=1S/C15H12Cl2F4O2/c1-14(2)9(4-10(16)17)15(14,13(22)23)5-6-11(20)7(18)3-8(19)12(6)21/h3-4,9H,5H2,1-2H3,(H,22,23)/p-1. The van der Waals surface area contributed by atoms with Crippen LogP contribution in [0.4, 0.5) is 17.6 Å². The molecule has 1 aromatic carbocycles. The Labute approximate surface area is 139 Å². The number of hydrogen-bond acceptors (Lipinski definition) is 2. The second-order valence-electron chi connectivity index (χ2n) is 6.04. The van der Waals surface area contributed by atoms with Crippen LogP contribution in [0.25, 0.3) is 0 Å². The molecule has 0 aromatic heterocycles. The summed E-state index contributed by atoms with van der Waals surface area (Å²) in [6, 6.07) is 0.0604. The summed E-state index contributed by atoms with van der Waals surface area (Å²) in [7, 11) is 0. The number of hydrogen-bond donors (Lipinski definition) is 0. The molecule has 0 spiro atoms. The number of rotatable bonds is 4. The fourth-order valence-corrected chi connectivity index (χ4v) is 3.48. The molecule has 1 aliphatic rings. The lowest BCUT2D eigenvalue weighted by atomic mass is 9.88. The van der Waals surface area contributed by atoms with Crippen molar-refractivity contribution in [1.82, 2.24) is 0 Å². The molecule has 2 atom stereocenters. The highest BCUT2D eigenvalue weighted by Crippen LogP contribution is 2.71. The molecule has 1 fully saturated rings. The highest BCUT2D eigenvalue weighted by molar-refractivity contribution is 6.55. The van der Waals surface area contributed by atoms with Gasteiger partial charge >= 0.3 is 0 Å². The Morgan fingerprint density at radius 2 is 1.70 bits per heavy atom. The Hall–Kier alpha value is -1.27. The SMILES string of the molecule is CC1(C)C(C=C(Cl)Cl)C1(Cc1c(F)c(F)cc(F)c1F)C(=O)[O-]. The van der Waals surface area contributed by atoms with Gasteiger partial charge in [-0.3, -0.25) is 0 Å². The maximum absolute atomic E-state index is 13.8. The molecule has 2 nitrogen and oxygen atoms in total. The van der Waals surface area contributed by atoms with Crippen molar-refractivity contribution in [2.75, 3.05) is 0 Å². The lowest BCUT2D eigenvalue weighted by Crippen LogP contribution is -2.38. The number of carboxylic acid groups (broad SMARTS) is 1. The summed E-state index contributed by atoms with van der Waals surface area (Å²) in [6.45, 7) is 3.01. The lowest BCUT2D eigenvalue weighted by Gasteiger charge is -2.22. The number of allylic oxidation sites excluding steroid dienone is 1. The first-order valence-electron chi connectivity index (χ1n) is 6.53. The molecule has 2 unspecified atom stereocenters. The van der Waals surface area contributed by atoms with Crippen LogP contribution in [0.5, 0.6) is 0 Å². The third-order valence-electron chi connectivity index (χ3n) is 4.69. The van der Waals surface area contributed by atoms with Gasteiger partial charge in [-0.2, -0.15) is 0 Å². The summed E-state index contributed by atoms with van der Waals surface area (Å²) in [5.41, 5.74) is -3.80. The first-order valence-corrected chi connectivity index (χ1v) is 7.28. The lowest BCUT2D eigenvalue weighted by molar-refractivity contribution is -0.315. The molecule has 1 aromatic rings. The van der Waals surface area contributed by atoms with Crippen LogP contribution in [0.1, 0.15) is 19.4 Å². The zero-order valence-corrected chi connectivity index (χ0v) is 13.5. The Bertz CT molecular complexity index is 688. The Morgan fingerprint density at radius 1 is 1.22 bits per heavy atom. The van der Waals surface area contributed by atoms with Crippen molar-refractivity contribution in [1.29, 1.82) is 0 Å². The van der Waals surface area contributed by atoms with Crippen LogP contribution >= 0.6 is 23.2 Å². The molecule has 0 heterocycles. The van der Waals surface area contributed by atoms with E-state index < -0.39 is 58.0 Å². The predicted octanol–water partition coefficient (Wildman–Crippen LogP) is 3.50. The van der Waals surface area contributed by atoms with E-state index in [9.17, 15) is 27.5 Å². The molecule has 0 aliphatic heterocycles. The van der Waals surface area contributed by atoms with Gasteiger partial charge in [0.1, 0.15) is 4.49 Å². The van der Waals surface area contributed by atoms with Crippen molar-refractivity contribution in [3.05, 3.63) is 45.5 Å². The van der Waals surface area contributed by atoms with E-state index in [0.29, 0.717) is 0 Å². The number of aliphatic carboxylic acids is 1. The Morgan fingerprint density at radius 3 is 2.09 bits per heavy atom. The van der Waals surface area contributed by atoms with Gasteiger partial charge in [0, 0.05) is 23.0 Å². The molecule has 0 radical (unpaired) electrons. The molecule has 2 rings (SSSR count). The molecule has 0 amide bonds. The molecule has 0 bridgehead atoms. The number of carbonyl (C=O) groups excluding carboxylic acids is 1. The first kappa shape index (κ1) is 18.1. The largest absolute Gasteiger partial charge is 0.549 e. The van der Waals surface area contributed by atoms with Gasteiger partial charge < -0.3 is 9.90 Å². The minimum absolute atomic E-state index is 0.0604. The van der Waals surface area contributed by atoms with E-state index in [2.05, 4.69) is 0 Å². The monoisotopic (exact) mass is 369 g/mol. The van der Waals surface area contributed by atoms with Crippen LogP contribution in [0.2, 0.25) is 0 Å². The Kier molecular flexibility index (Phi) is 4.45. The smallest absolute Gasteiger partial charge is 0.165 e. The van der Waals surface area contributed by atoms with Gasteiger partial charge in [0.25, 0.3) is 0 Å². The summed E-state index contributed by atoms with van der Waals surface area (Å²) < 4.78 is 54.1. The van der Waals surface area contributed by atoms with Gasteiger partial charge in [0.15, 0.2) is 23.3 Å². The third kappa shape index (κ3) is 2.62. The summed E-state index contributed by atoms with van der Waals surface area (Å²) in [6.07, 6.45) is 0.418. The van der Waals surface area contributed by atoms with Crippen molar-refractivity contribution in [3.63, 3.8) is 0 Å². The molecule has 1 aliphatic carbocycles. The van der Waals surface area contributed by atoms with Crippen molar-refractivity contribution in [2.45, 2.75) is 20.3 Å². The summed E-state index contributed by atoms with van der Waals surface area (Å²) in [5.74, 6) is -8.89. The van der Waals surface area contributed by atoms with Crippen LogP contribution < -0.4 is 5.11 Å². The molecule has 0 saturated heterocycles. The van der Waals surface area contributed by atoms with E-state index >= 15 is 0 Å². The van der Waals surface area contributed by atoms with Gasteiger partial charge in [-0.15, -0.1) is 0 Å². The average Bonchev–Trinajstić information content (AvgIpc) is 2.88. The van der Waals surface area contributed by atoms with E-state index in [1.165, 1.54) is 19.9 Å². The van der Waals surface area contributed by atoms with Gasteiger partial charge in [-0.05, 0) is 23.8 Å². The zero-order chi connectivity index (χ0) is 17.7. The predicted molar refractivity (Wildman–Crippen MR) is 74.5 cm³/mol. The van der Waals surface area contributed by atoms with Gasteiger partial charge in [0.05, 0.1) is 0 Å². The highest BCUT2D eigenvalue weighted by atomic mass is 35.5. The average molecular weight is 370 g/mol. The molecule has 8 heteroatoms. The summed E-state index contributed by atoms with van der Waals surface area (Å²) in [4.78, 5) is 11.6. The van der Waals surface area contributed by atoms with E-state index in [1.807, 2.05) is 0 Å². The normalized spacial score (nSPS) is 25.1. The fraction of sp³-hybridized carbons (Fsp3) is 0.400. The number of carbonyl (C=O) groups is 1. The first-order chi connectivity index (χ1) is 10.5. The van der Waals surface area contributed by atoms with Crippen LogP contribution in [0, 0.1) is 40.0 Å². The molecule has 23 heavy (non-hydrogen) atoms. The second kappa shape index (κ2) is 5.67. The zero-order valence-electron chi connectivity index (χ0n) is 12.0. The van der Waals surface area contributed by atoms with Crippen molar-refractivity contribution >= 4 is 29.2 Å². The summed E-state index contributed by atoms with van der Waals surface area (Å²) in [5, 5.41) is 11.6. The van der Waals surface area contributed by atoms with E-state index in [4.69, 9.17) is 23.2 Å². The molecule has 126 valence electrons. The minimum atomic E-state index is -1.79. The molecular formula is C15H11Cl2F4O2-. The van der Waals surface area contributed by atoms with E-state index in [0.717, 1.165) is 0 Å². The topological polar surface area (TPSA) is 40.1 Å². The van der Waals surface area contributed by atoms with Crippen molar-refractivity contribution in [3.8, 4) is 0 Å². The number of halogens is 6. The van der Waals surface area contributed by atoms with E-state index in [-0.39, 0.29) is 10.6 Å². The van der Waals surface area contributed by atoms with Crippen LogP contribution in [0.3, 0.4) is 0 Å². The van der Waals surface area contributed by atoms with Crippen molar-refractivity contribution in [2.24, 2.45) is 16.7 Å². The molecule has 0 N–H and O–H groups in total. The third-order valence-corrected chi connectivity index (χ3v) is 4.94. The quantitative estimate of drug-likeness (QED) is 0.601. The molecular weight excluding hydrogens is 359 g/mol. The summed E-state index contributed by atoms with van der Waals surface area (Å²) >= 11 is 11.1. The Balaban J connectivity index is 2.57. The maximum Gasteiger partial charge on any atom is 0.165 e. The van der Waals surface area contributed by atoms with Gasteiger partial charge in [0.2, 0.25) is 0 Å². The second-order valence-corrected chi connectivity index (χ2v) is 7.05. The van der Waals surface area contributed by atoms with Crippen LogP contribution in [-0.4, -0.2) is 5.97 Å². The highest BCUT2D eigenvalue weighted by Gasteiger charge is 2.71. The number of benzene rings is 1. The maximum atomic E-state index is 13.8. The molecule has 1 saturated carbocycles. The van der Waals surface area contributed by atoms with E-state index in [1.54, 1.807) is 0 Å². The van der Waals surface area contributed by atoms with Gasteiger partial charge in [-0.1, -0.05) is 37.0 Å². The van der Waals surface area contributed by atoms with Crippen LogP contribution in [-0.2, 0) is 11.2 Å².